The number of anilines is 1. The molecule has 0 radical (unpaired) electrons. The van der Waals surface area contributed by atoms with Gasteiger partial charge in [0.15, 0.2) is 5.65 Å². The Morgan fingerprint density at radius 1 is 1.05 bits per heavy atom. The van der Waals surface area contributed by atoms with Gasteiger partial charge >= 0.3 is 0 Å². The smallest absolute Gasteiger partial charge is 0.180 e. The van der Waals surface area contributed by atoms with Gasteiger partial charge in [-0.3, -0.25) is 4.98 Å². The van der Waals surface area contributed by atoms with Crippen molar-refractivity contribution in [2.24, 2.45) is 5.92 Å². The second-order valence-electron chi connectivity index (χ2n) is 5.55. The Labute approximate surface area is 113 Å². The molecule has 2 unspecified atom stereocenters. The first-order valence-electron chi connectivity index (χ1n) is 7.15. The fourth-order valence-electron chi connectivity index (χ4n) is 2.78. The van der Waals surface area contributed by atoms with Crippen LogP contribution in [0, 0.1) is 5.92 Å². The Hall–Kier alpha value is -1.71. The first-order valence-corrected chi connectivity index (χ1v) is 7.15. The van der Waals surface area contributed by atoms with E-state index in [1.54, 1.807) is 12.4 Å². The van der Waals surface area contributed by atoms with Gasteiger partial charge in [-0.05, 0) is 37.3 Å². The summed E-state index contributed by atoms with van der Waals surface area (Å²) in [6.45, 7) is 2.35. The zero-order valence-electron chi connectivity index (χ0n) is 11.3. The molecular formula is C15H20N4. The maximum absolute atomic E-state index is 4.53. The van der Waals surface area contributed by atoms with Gasteiger partial charge in [0.1, 0.15) is 11.3 Å². The molecule has 2 aromatic rings. The van der Waals surface area contributed by atoms with E-state index in [1.165, 1.54) is 32.1 Å². The van der Waals surface area contributed by atoms with Gasteiger partial charge in [0.05, 0.1) is 0 Å². The van der Waals surface area contributed by atoms with Crippen LogP contribution in [0.5, 0.6) is 0 Å². The summed E-state index contributed by atoms with van der Waals surface area (Å²) in [5.41, 5.74) is 1.57. The van der Waals surface area contributed by atoms with Crippen LogP contribution in [0.25, 0.3) is 11.2 Å². The molecule has 1 N–H and O–H groups in total. The van der Waals surface area contributed by atoms with Crippen molar-refractivity contribution in [3.8, 4) is 0 Å². The summed E-state index contributed by atoms with van der Waals surface area (Å²) in [7, 11) is 0. The summed E-state index contributed by atoms with van der Waals surface area (Å²) in [5, 5.41) is 3.55. The van der Waals surface area contributed by atoms with Crippen LogP contribution >= 0.6 is 0 Å². The first-order chi connectivity index (χ1) is 9.31. The van der Waals surface area contributed by atoms with Crippen molar-refractivity contribution in [1.82, 2.24) is 15.0 Å². The molecule has 4 nitrogen and oxygen atoms in total. The van der Waals surface area contributed by atoms with E-state index in [1.807, 2.05) is 12.1 Å². The number of pyridine rings is 1. The number of nitrogens with one attached hydrogen (secondary N) is 1. The molecule has 2 aromatic heterocycles. The highest BCUT2D eigenvalue weighted by molar-refractivity contribution is 5.71. The first kappa shape index (κ1) is 12.3. The molecule has 1 saturated carbocycles. The third-order valence-corrected chi connectivity index (χ3v) is 3.94. The minimum Gasteiger partial charge on any atom is -0.367 e. The molecule has 4 heteroatoms. The molecule has 3 rings (SSSR count). The summed E-state index contributed by atoms with van der Waals surface area (Å²) < 4.78 is 0. The van der Waals surface area contributed by atoms with Crippen LogP contribution in [-0.4, -0.2) is 21.0 Å². The predicted molar refractivity (Wildman–Crippen MR) is 77.0 cm³/mol. The largest absolute Gasteiger partial charge is 0.367 e. The van der Waals surface area contributed by atoms with Crippen molar-refractivity contribution in [2.75, 3.05) is 5.32 Å². The standard InChI is InChI=1S/C15H20N4/c1-11-3-2-4-12(6-5-11)18-14-8-7-13-15(19-14)17-10-9-16-13/h7-12H,2-6H2,1H3,(H,17,18,19). The maximum Gasteiger partial charge on any atom is 0.180 e. The molecule has 0 spiro atoms. The Kier molecular flexibility index (Phi) is 3.58. The summed E-state index contributed by atoms with van der Waals surface area (Å²) in [6, 6.07) is 4.54. The molecule has 19 heavy (non-hydrogen) atoms. The van der Waals surface area contributed by atoms with E-state index in [4.69, 9.17) is 0 Å². The van der Waals surface area contributed by atoms with Gasteiger partial charge in [-0.1, -0.05) is 19.8 Å². The Morgan fingerprint density at radius 3 is 2.89 bits per heavy atom. The number of aromatic nitrogens is 3. The van der Waals surface area contributed by atoms with Gasteiger partial charge in [-0.15, -0.1) is 0 Å². The van der Waals surface area contributed by atoms with Crippen LogP contribution in [0.15, 0.2) is 24.5 Å². The monoisotopic (exact) mass is 256 g/mol. The number of rotatable bonds is 2. The van der Waals surface area contributed by atoms with Gasteiger partial charge < -0.3 is 5.32 Å². The molecule has 0 bridgehead atoms. The lowest BCUT2D eigenvalue weighted by Crippen LogP contribution is -2.19. The Morgan fingerprint density at radius 2 is 1.95 bits per heavy atom. The zero-order valence-corrected chi connectivity index (χ0v) is 11.3. The summed E-state index contributed by atoms with van der Waals surface area (Å²) in [4.78, 5) is 13.0. The molecule has 0 aliphatic heterocycles. The normalized spacial score (nSPS) is 24.1. The van der Waals surface area contributed by atoms with E-state index in [-0.39, 0.29) is 0 Å². The van der Waals surface area contributed by atoms with Crippen LogP contribution in [0.1, 0.15) is 39.0 Å². The molecule has 0 amide bonds. The number of nitrogens with zero attached hydrogens (tertiary/aromatic N) is 3. The van der Waals surface area contributed by atoms with Gasteiger partial charge in [0.2, 0.25) is 0 Å². The Bertz CT molecular complexity index is 555. The second-order valence-corrected chi connectivity index (χ2v) is 5.55. The van der Waals surface area contributed by atoms with Crippen LogP contribution in [0.3, 0.4) is 0 Å². The molecule has 1 aliphatic rings. The molecular weight excluding hydrogens is 236 g/mol. The highest BCUT2D eigenvalue weighted by Gasteiger charge is 2.16. The van der Waals surface area contributed by atoms with Crippen LogP contribution in [0.2, 0.25) is 0 Å². The highest BCUT2D eigenvalue weighted by atomic mass is 15.0. The fourth-order valence-corrected chi connectivity index (χ4v) is 2.78. The van der Waals surface area contributed by atoms with E-state index in [9.17, 15) is 0 Å². The second kappa shape index (κ2) is 5.51. The molecule has 2 atom stereocenters. The van der Waals surface area contributed by atoms with Crippen LogP contribution in [-0.2, 0) is 0 Å². The van der Waals surface area contributed by atoms with Gasteiger partial charge in [-0.25, -0.2) is 9.97 Å². The minimum atomic E-state index is 0.548. The van der Waals surface area contributed by atoms with Gasteiger partial charge in [-0.2, -0.15) is 0 Å². The Balaban J connectivity index is 1.73. The lowest BCUT2D eigenvalue weighted by molar-refractivity contribution is 0.502. The lowest BCUT2D eigenvalue weighted by atomic mass is 10.0. The predicted octanol–water partition coefficient (Wildman–Crippen LogP) is 3.41. The quantitative estimate of drug-likeness (QED) is 0.837. The van der Waals surface area contributed by atoms with E-state index in [0.717, 1.165) is 22.9 Å². The third-order valence-electron chi connectivity index (χ3n) is 3.94. The summed E-state index contributed by atoms with van der Waals surface area (Å²) in [5.74, 6) is 1.79. The van der Waals surface area contributed by atoms with E-state index in [2.05, 4.69) is 27.2 Å². The fraction of sp³-hybridized carbons (Fsp3) is 0.533. The molecule has 100 valence electrons. The van der Waals surface area contributed by atoms with Crippen molar-refractivity contribution >= 4 is 17.0 Å². The van der Waals surface area contributed by atoms with Crippen molar-refractivity contribution in [2.45, 2.75) is 45.1 Å². The van der Waals surface area contributed by atoms with Crippen LogP contribution in [0.4, 0.5) is 5.82 Å². The van der Waals surface area contributed by atoms with E-state index in [0.29, 0.717) is 6.04 Å². The topological polar surface area (TPSA) is 50.7 Å². The van der Waals surface area contributed by atoms with E-state index >= 15 is 0 Å². The van der Waals surface area contributed by atoms with Crippen molar-refractivity contribution in [1.29, 1.82) is 0 Å². The van der Waals surface area contributed by atoms with Gasteiger partial charge in [0, 0.05) is 18.4 Å². The summed E-state index contributed by atoms with van der Waals surface area (Å²) in [6.07, 6.45) is 9.84. The van der Waals surface area contributed by atoms with Crippen molar-refractivity contribution in [3.05, 3.63) is 24.5 Å². The molecule has 1 fully saturated rings. The average molecular weight is 256 g/mol. The highest BCUT2D eigenvalue weighted by Crippen LogP contribution is 2.24. The number of fused-ring (bicyclic) bond motifs is 1. The molecule has 1 aliphatic carbocycles. The van der Waals surface area contributed by atoms with Gasteiger partial charge in [0.25, 0.3) is 0 Å². The third kappa shape index (κ3) is 3.00. The zero-order chi connectivity index (χ0) is 13.1. The minimum absolute atomic E-state index is 0.548. The van der Waals surface area contributed by atoms with Crippen molar-refractivity contribution in [3.63, 3.8) is 0 Å². The van der Waals surface area contributed by atoms with Crippen molar-refractivity contribution < 1.29 is 0 Å². The number of hydrogen-bond donors (Lipinski definition) is 1. The van der Waals surface area contributed by atoms with E-state index < -0.39 is 0 Å². The SMILES string of the molecule is CC1CCCC(Nc2ccc3nccnc3n2)CC1. The molecule has 0 aromatic carbocycles. The molecule has 0 saturated heterocycles. The summed E-state index contributed by atoms with van der Waals surface area (Å²) >= 11 is 0. The number of hydrogen-bond acceptors (Lipinski definition) is 4. The average Bonchev–Trinajstić information content (AvgIpc) is 2.64. The molecule has 2 heterocycles. The maximum atomic E-state index is 4.53. The lowest BCUT2D eigenvalue weighted by Gasteiger charge is -2.17. The van der Waals surface area contributed by atoms with Crippen LogP contribution < -0.4 is 5.32 Å².